The molecule has 0 radical (unpaired) electrons. The molecule has 2 heterocycles. The Morgan fingerprint density at radius 2 is 1.77 bits per heavy atom. The van der Waals surface area contributed by atoms with Crippen LogP contribution >= 0.6 is 0 Å². The largest absolute Gasteiger partial charge is 0.342 e. The van der Waals surface area contributed by atoms with Crippen LogP contribution in [0.15, 0.2) is 24.3 Å². The summed E-state index contributed by atoms with van der Waals surface area (Å²) in [5.41, 5.74) is 2.28. The first kappa shape index (κ1) is 18.9. The minimum absolute atomic E-state index is 0.236. The van der Waals surface area contributed by atoms with Crippen molar-refractivity contribution in [3.05, 3.63) is 30.1 Å². The van der Waals surface area contributed by atoms with Crippen LogP contribution in [0.2, 0.25) is 0 Å². The fraction of sp³-hybridized carbons (Fsp3) is 0.636. The molecule has 0 aliphatic carbocycles. The number of aryl methyl sites for hydroxylation is 1. The summed E-state index contributed by atoms with van der Waals surface area (Å²) in [6, 6.07) is 8.40. The lowest BCUT2D eigenvalue weighted by atomic mass is 10.1. The molecule has 2 aromatic rings. The Balaban J connectivity index is 1.68. The first-order valence-corrected chi connectivity index (χ1v) is 10.5. The van der Waals surface area contributed by atoms with E-state index in [0.717, 1.165) is 31.0 Å². The minimum atomic E-state index is 0.236. The molecule has 1 fully saturated rings. The van der Waals surface area contributed by atoms with Gasteiger partial charge in [-0.15, -0.1) is 0 Å². The number of amides is 1. The van der Waals surface area contributed by atoms with E-state index in [-0.39, 0.29) is 11.8 Å². The Hall–Kier alpha value is -1.84. The van der Waals surface area contributed by atoms with E-state index < -0.39 is 0 Å². The maximum atomic E-state index is 12.2. The number of nitrogens with zero attached hydrogens (tertiary/aromatic N) is 3. The highest BCUT2D eigenvalue weighted by Crippen LogP contribution is 2.30. The number of carbonyl (C=O) groups excluding carboxylic acids is 1. The van der Waals surface area contributed by atoms with Gasteiger partial charge in [0.25, 0.3) is 0 Å². The summed E-state index contributed by atoms with van der Waals surface area (Å²) in [5, 5.41) is 0. The number of para-hydroxylation sites is 2. The molecule has 1 aliphatic rings. The zero-order chi connectivity index (χ0) is 18.4. The highest BCUT2D eigenvalue weighted by molar-refractivity contribution is 5.80. The third-order valence-corrected chi connectivity index (χ3v) is 5.63. The predicted octanol–water partition coefficient (Wildman–Crippen LogP) is 5.12. The molecule has 1 atom stereocenters. The predicted molar refractivity (Wildman–Crippen MR) is 107 cm³/mol. The summed E-state index contributed by atoms with van der Waals surface area (Å²) in [6.07, 6.45) is 9.79. The Kier molecular flexibility index (Phi) is 6.70. The summed E-state index contributed by atoms with van der Waals surface area (Å²) >= 11 is 0. The van der Waals surface area contributed by atoms with Crippen LogP contribution in [0.1, 0.15) is 77.0 Å². The van der Waals surface area contributed by atoms with Gasteiger partial charge in [-0.3, -0.25) is 4.79 Å². The smallest absolute Gasteiger partial charge is 0.223 e. The Bertz CT molecular complexity index is 721. The minimum Gasteiger partial charge on any atom is -0.342 e. The number of likely N-dealkylation sites (tertiary alicyclic amines) is 1. The number of carbonyl (C=O) groups is 1. The van der Waals surface area contributed by atoms with Crippen molar-refractivity contribution in [2.24, 2.45) is 0 Å². The molecule has 3 rings (SSSR count). The summed E-state index contributed by atoms with van der Waals surface area (Å²) in [7, 11) is 0. The molecule has 0 N–H and O–H groups in total. The molecular weight excluding hydrogens is 322 g/mol. The van der Waals surface area contributed by atoms with E-state index in [1.165, 1.54) is 50.5 Å². The van der Waals surface area contributed by atoms with Crippen LogP contribution in [0.5, 0.6) is 0 Å². The van der Waals surface area contributed by atoms with Gasteiger partial charge in [-0.1, -0.05) is 57.6 Å². The molecule has 0 bridgehead atoms. The zero-order valence-corrected chi connectivity index (χ0v) is 16.4. The third kappa shape index (κ3) is 4.28. The average molecular weight is 356 g/mol. The van der Waals surface area contributed by atoms with Crippen LogP contribution in [0, 0.1) is 0 Å². The van der Waals surface area contributed by atoms with Crippen molar-refractivity contribution in [1.29, 1.82) is 0 Å². The second kappa shape index (κ2) is 9.20. The highest BCUT2D eigenvalue weighted by Gasteiger charge is 2.32. The maximum absolute atomic E-state index is 12.2. The number of likely N-dealkylation sites (N-methyl/N-ethyl adjacent to an activating group) is 1. The number of aromatic nitrogens is 2. The SMILES string of the molecule is CCCCCCCCCn1c(C2CC(=O)N(CC)C2)nc2ccccc21. The van der Waals surface area contributed by atoms with E-state index in [1.54, 1.807) is 0 Å². The molecule has 1 aromatic carbocycles. The molecule has 1 aliphatic heterocycles. The first-order valence-electron chi connectivity index (χ1n) is 10.5. The van der Waals surface area contributed by atoms with Gasteiger partial charge in [0.1, 0.15) is 5.82 Å². The summed E-state index contributed by atoms with van der Waals surface area (Å²) in [5.74, 6) is 1.62. The fourth-order valence-corrected chi connectivity index (χ4v) is 4.12. The number of imidazole rings is 1. The second-order valence-corrected chi connectivity index (χ2v) is 7.57. The van der Waals surface area contributed by atoms with E-state index in [4.69, 9.17) is 4.98 Å². The third-order valence-electron chi connectivity index (χ3n) is 5.63. The van der Waals surface area contributed by atoms with Gasteiger partial charge in [0, 0.05) is 32.0 Å². The Labute approximate surface area is 157 Å². The normalized spacial score (nSPS) is 17.5. The van der Waals surface area contributed by atoms with Crippen molar-refractivity contribution in [3.8, 4) is 0 Å². The van der Waals surface area contributed by atoms with E-state index in [0.29, 0.717) is 6.42 Å². The molecule has 1 saturated heterocycles. The second-order valence-electron chi connectivity index (χ2n) is 7.57. The first-order chi connectivity index (χ1) is 12.7. The van der Waals surface area contributed by atoms with Crippen LogP contribution in [0.3, 0.4) is 0 Å². The average Bonchev–Trinajstić information content (AvgIpc) is 3.21. The molecule has 4 nitrogen and oxygen atoms in total. The molecule has 4 heteroatoms. The Morgan fingerprint density at radius 1 is 1.04 bits per heavy atom. The maximum Gasteiger partial charge on any atom is 0.223 e. The lowest BCUT2D eigenvalue weighted by molar-refractivity contribution is -0.127. The highest BCUT2D eigenvalue weighted by atomic mass is 16.2. The number of unbranched alkanes of at least 4 members (excludes halogenated alkanes) is 6. The molecule has 1 amide bonds. The van der Waals surface area contributed by atoms with Gasteiger partial charge in [0.05, 0.1) is 11.0 Å². The number of fused-ring (bicyclic) bond motifs is 1. The molecule has 1 unspecified atom stereocenters. The van der Waals surface area contributed by atoms with Gasteiger partial charge in [-0.2, -0.15) is 0 Å². The van der Waals surface area contributed by atoms with E-state index in [9.17, 15) is 4.79 Å². The monoisotopic (exact) mass is 355 g/mol. The summed E-state index contributed by atoms with van der Waals surface area (Å²) in [4.78, 5) is 19.1. The molecule has 0 saturated carbocycles. The molecule has 26 heavy (non-hydrogen) atoms. The summed E-state index contributed by atoms with van der Waals surface area (Å²) < 4.78 is 2.39. The van der Waals surface area contributed by atoms with Crippen LogP contribution < -0.4 is 0 Å². The topological polar surface area (TPSA) is 38.1 Å². The van der Waals surface area contributed by atoms with E-state index >= 15 is 0 Å². The van der Waals surface area contributed by atoms with Crippen molar-refractivity contribution in [3.63, 3.8) is 0 Å². The number of rotatable bonds is 10. The van der Waals surface area contributed by atoms with Crippen molar-refractivity contribution >= 4 is 16.9 Å². The summed E-state index contributed by atoms with van der Waals surface area (Å²) in [6.45, 7) is 6.95. The van der Waals surface area contributed by atoms with Crippen molar-refractivity contribution < 1.29 is 4.79 Å². The Morgan fingerprint density at radius 3 is 2.50 bits per heavy atom. The lowest BCUT2D eigenvalue weighted by Gasteiger charge is -2.15. The van der Waals surface area contributed by atoms with Gasteiger partial charge in [0.2, 0.25) is 5.91 Å². The van der Waals surface area contributed by atoms with Gasteiger partial charge in [0.15, 0.2) is 0 Å². The molecule has 0 spiro atoms. The lowest BCUT2D eigenvalue weighted by Crippen LogP contribution is -2.24. The van der Waals surface area contributed by atoms with Crippen LogP contribution in [0.25, 0.3) is 11.0 Å². The van der Waals surface area contributed by atoms with Crippen molar-refractivity contribution in [1.82, 2.24) is 14.5 Å². The molecule has 1 aromatic heterocycles. The van der Waals surface area contributed by atoms with E-state index in [1.807, 2.05) is 4.90 Å². The van der Waals surface area contributed by atoms with E-state index in [2.05, 4.69) is 42.7 Å². The van der Waals surface area contributed by atoms with Gasteiger partial charge in [-0.25, -0.2) is 4.98 Å². The van der Waals surface area contributed by atoms with Crippen molar-refractivity contribution in [2.45, 2.75) is 77.7 Å². The number of hydrogen-bond donors (Lipinski definition) is 0. The standard InChI is InChI=1S/C22H33N3O/c1-3-5-6-7-8-9-12-15-25-20-14-11-10-13-19(20)23-22(25)18-16-21(26)24(4-2)17-18/h10-11,13-14,18H,3-9,12,15-17H2,1-2H3. The van der Waals surface area contributed by atoms with Crippen molar-refractivity contribution in [2.75, 3.05) is 13.1 Å². The zero-order valence-electron chi connectivity index (χ0n) is 16.4. The van der Waals surface area contributed by atoms with Gasteiger partial charge >= 0.3 is 0 Å². The van der Waals surface area contributed by atoms with Crippen LogP contribution in [-0.2, 0) is 11.3 Å². The molecule has 142 valence electrons. The quantitative estimate of drug-likeness (QED) is 0.555. The number of benzene rings is 1. The van der Waals surface area contributed by atoms with Crippen LogP contribution in [0.4, 0.5) is 0 Å². The van der Waals surface area contributed by atoms with Crippen LogP contribution in [-0.4, -0.2) is 33.4 Å². The molecular formula is C22H33N3O. The van der Waals surface area contributed by atoms with Gasteiger partial charge < -0.3 is 9.47 Å². The van der Waals surface area contributed by atoms with Gasteiger partial charge in [-0.05, 0) is 25.5 Å². The fourth-order valence-electron chi connectivity index (χ4n) is 4.12. The number of hydrogen-bond acceptors (Lipinski definition) is 2.